The van der Waals surface area contributed by atoms with Crippen molar-refractivity contribution in [1.29, 1.82) is 0 Å². The third-order valence-electron chi connectivity index (χ3n) is 2.84. The summed E-state index contributed by atoms with van der Waals surface area (Å²) in [4.78, 5) is 21.4. The van der Waals surface area contributed by atoms with Crippen LogP contribution >= 0.6 is 11.3 Å². The van der Waals surface area contributed by atoms with Crippen molar-refractivity contribution in [1.82, 2.24) is 15.3 Å². The third kappa shape index (κ3) is 3.77. The molecule has 2 N–H and O–H groups in total. The number of carbonyl (C=O) groups excluding carboxylic acids is 1. The standard InChI is InChI=1S/C14H18N4OS/c1-3-6-15-13-5-4-11(7-16-13)14(19)17-8-12-10(2)18-9-20-12/h4-5,7,9H,3,6,8H2,1-2H3,(H,15,16)(H,17,19). The lowest BCUT2D eigenvalue weighted by Gasteiger charge is -2.06. The van der Waals surface area contributed by atoms with E-state index in [2.05, 4.69) is 27.5 Å². The van der Waals surface area contributed by atoms with Crippen LogP contribution in [0.5, 0.6) is 0 Å². The SMILES string of the molecule is CCCNc1ccc(C(=O)NCc2scnc2C)cn1. The van der Waals surface area contributed by atoms with Crippen molar-refractivity contribution < 1.29 is 4.79 Å². The first kappa shape index (κ1) is 14.5. The van der Waals surface area contributed by atoms with E-state index >= 15 is 0 Å². The number of hydrogen-bond acceptors (Lipinski definition) is 5. The number of rotatable bonds is 6. The average molecular weight is 290 g/mol. The summed E-state index contributed by atoms with van der Waals surface area (Å²) < 4.78 is 0. The van der Waals surface area contributed by atoms with Gasteiger partial charge in [0.25, 0.3) is 5.91 Å². The minimum atomic E-state index is -0.118. The molecule has 0 radical (unpaired) electrons. The summed E-state index contributed by atoms with van der Waals surface area (Å²) in [7, 11) is 0. The van der Waals surface area contributed by atoms with Crippen LogP contribution in [0.15, 0.2) is 23.8 Å². The van der Waals surface area contributed by atoms with Gasteiger partial charge in [-0.05, 0) is 25.5 Å². The fourth-order valence-corrected chi connectivity index (χ4v) is 2.36. The van der Waals surface area contributed by atoms with E-state index in [1.807, 2.05) is 13.0 Å². The number of carbonyl (C=O) groups is 1. The van der Waals surface area contributed by atoms with Gasteiger partial charge in [-0.3, -0.25) is 4.79 Å². The molecular weight excluding hydrogens is 272 g/mol. The molecular formula is C14H18N4OS. The molecule has 0 aliphatic carbocycles. The van der Waals surface area contributed by atoms with Crippen LogP contribution in [0.4, 0.5) is 5.82 Å². The van der Waals surface area contributed by atoms with Gasteiger partial charge in [-0.25, -0.2) is 9.97 Å². The van der Waals surface area contributed by atoms with E-state index < -0.39 is 0 Å². The van der Waals surface area contributed by atoms with E-state index in [4.69, 9.17) is 0 Å². The molecule has 0 aliphatic heterocycles. The molecule has 0 aliphatic rings. The van der Waals surface area contributed by atoms with Gasteiger partial charge in [-0.1, -0.05) is 6.92 Å². The molecule has 0 unspecified atom stereocenters. The molecule has 0 fully saturated rings. The Morgan fingerprint density at radius 1 is 1.35 bits per heavy atom. The zero-order valence-corrected chi connectivity index (χ0v) is 12.5. The summed E-state index contributed by atoms with van der Waals surface area (Å²) in [6, 6.07) is 3.60. The Balaban J connectivity index is 1.90. The van der Waals surface area contributed by atoms with Crippen molar-refractivity contribution in [3.05, 3.63) is 40.0 Å². The molecule has 0 aromatic carbocycles. The minimum absolute atomic E-state index is 0.118. The van der Waals surface area contributed by atoms with Gasteiger partial charge in [0.05, 0.1) is 23.3 Å². The second kappa shape index (κ2) is 7.00. The van der Waals surface area contributed by atoms with Crippen LogP contribution in [-0.2, 0) is 6.54 Å². The van der Waals surface area contributed by atoms with Gasteiger partial charge in [-0.2, -0.15) is 0 Å². The maximum Gasteiger partial charge on any atom is 0.253 e. The highest BCUT2D eigenvalue weighted by Crippen LogP contribution is 2.12. The van der Waals surface area contributed by atoms with Gasteiger partial charge in [0, 0.05) is 17.6 Å². The molecule has 1 amide bonds. The molecule has 0 saturated heterocycles. The Bertz CT molecular complexity index is 565. The van der Waals surface area contributed by atoms with Gasteiger partial charge >= 0.3 is 0 Å². The van der Waals surface area contributed by atoms with E-state index in [9.17, 15) is 4.79 Å². The summed E-state index contributed by atoms with van der Waals surface area (Å²) in [5.74, 6) is 0.675. The van der Waals surface area contributed by atoms with Gasteiger partial charge < -0.3 is 10.6 Å². The van der Waals surface area contributed by atoms with Gasteiger partial charge in [-0.15, -0.1) is 11.3 Å². The minimum Gasteiger partial charge on any atom is -0.370 e. The van der Waals surface area contributed by atoms with Crippen LogP contribution < -0.4 is 10.6 Å². The molecule has 0 bridgehead atoms. The van der Waals surface area contributed by atoms with Crippen molar-refractivity contribution in [3.63, 3.8) is 0 Å². The average Bonchev–Trinajstić information content (AvgIpc) is 2.88. The number of hydrogen-bond donors (Lipinski definition) is 2. The predicted octanol–water partition coefficient (Wildman–Crippen LogP) is 2.60. The van der Waals surface area contributed by atoms with Crippen molar-refractivity contribution in [2.45, 2.75) is 26.8 Å². The summed E-state index contributed by atoms with van der Waals surface area (Å²) in [5.41, 5.74) is 3.31. The number of pyridine rings is 1. The molecule has 6 heteroatoms. The number of anilines is 1. The summed E-state index contributed by atoms with van der Waals surface area (Å²) in [5, 5.41) is 6.05. The number of aromatic nitrogens is 2. The van der Waals surface area contributed by atoms with Crippen LogP contribution in [0.3, 0.4) is 0 Å². The smallest absolute Gasteiger partial charge is 0.253 e. The topological polar surface area (TPSA) is 66.9 Å². The maximum atomic E-state index is 12.0. The number of nitrogens with zero attached hydrogens (tertiary/aromatic N) is 2. The van der Waals surface area contributed by atoms with E-state index in [1.54, 1.807) is 29.1 Å². The molecule has 2 rings (SSSR count). The number of aryl methyl sites for hydroxylation is 1. The second-order valence-corrected chi connectivity index (χ2v) is 5.34. The lowest BCUT2D eigenvalue weighted by atomic mass is 10.2. The maximum absolute atomic E-state index is 12.0. The highest BCUT2D eigenvalue weighted by Gasteiger charge is 2.08. The van der Waals surface area contributed by atoms with Crippen molar-refractivity contribution in [2.75, 3.05) is 11.9 Å². The number of nitrogens with one attached hydrogen (secondary N) is 2. The van der Waals surface area contributed by atoms with Crippen LogP contribution in [-0.4, -0.2) is 22.4 Å². The normalized spacial score (nSPS) is 10.3. The Morgan fingerprint density at radius 2 is 2.20 bits per heavy atom. The molecule has 0 saturated carbocycles. The quantitative estimate of drug-likeness (QED) is 0.858. The molecule has 20 heavy (non-hydrogen) atoms. The zero-order valence-electron chi connectivity index (χ0n) is 11.6. The van der Waals surface area contributed by atoms with Crippen molar-refractivity contribution in [3.8, 4) is 0 Å². The molecule has 0 atom stereocenters. The fraction of sp³-hybridized carbons (Fsp3) is 0.357. The summed E-state index contributed by atoms with van der Waals surface area (Å²) in [6.07, 6.45) is 2.63. The first-order valence-corrected chi connectivity index (χ1v) is 7.45. The van der Waals surface area contributed by atoms with Crippen molar-refractivity contribution in [2.24, 2.45) is 0 Å². The zero-order chi connectivity index (χ0) is 14.4. The first-order chi connectivity index (χ1) is 9.70. The van der Waals surface area contributed by atoms with E-state index in [1.165, 1.54) is 0 Å². The van der Waals surface area contributed by atoms with Gasteiger partial charge in [0.1, 0.15) is 5.82 Å². The molecule has 106 valence electrons. The van der Waals surface area contributed by atoms with Gasteiger partial charge in [0.15, 0.2) is 0 Å². The number of thiazole rings is 1. The van der Waals surface area contributed by atoms with Crippen molar-refractivity contribution >= 4 is 23.1 Å². The summed E-state index contributed by atoms with van der Waals surface area (Å²) in [6.45, 7) is 5.42. The van der Waals surface area contributed by atoms with E-state index in [-0.39, 0.29) is 5.91 Å². The fourth-order valence-electron chi connectivity index (χ4n) is 1.64. The van der Waals surface area contributed by atoms with Crippen LogP contribution in [0.25, 0.3) is 0 Å². The second-order valence-electron chi connectivity index (χ2n) is 4.40. The van der Waals surface area contributed by atoms with E-state index in [0.29, 0.717) is 12.1 Å². The molecule has 2 heterocycles. The molecule has 2 aromatic rings. The lowest BCUT2D eigenvalue weighted by molar-refractivity contribution is 0.0951. The highest BCUT2D eigenvalue weighted by molar-refractivity contribution is 7.09. The monoisotopic (exact) mass is 290 g/mol. The third-order valence-corrected chi connectivity index (χ3v) is 3.77. The summed E-state index contributed by atoms with van der Waals surface area (Å²) >= 11 is 1.55. The lowest BCUT2D eigenvalue weighted by Crippen LogP contribution is -2.22. The highest BCUT2D eigenvalue weighted by atomic mass is 32.1. The van der Waals surface area contributed by atoms with E-state index in [0.717, 1.165) is 29.4 Å². The van der Waals surface area contributed by atoms with Crippen LogP contribution in [0.1, 0.15) is 34.3 Å². The Kier molecular flexibility index (Phi) is 5.06. The largest absolute Gasteiger partial charge is 0.370 e. The Morgan fingerprint density at radius 3 is 2.80 bits per heavy atom. The predicted molar refractivity (Wildman–Crippen MR) is 81.0 cm³/mol. The number of amides is 1. The Labute approximate surface area is 122 Å². The molecule has 0 spiro atoms. The van der Waals surface area contributed by atoms with Crippen LogP contribution in [0, 0.1) is 6.92 Å². The van der Waals surface area contributed by atoms with Crippen LogP contribution in [0.2, 0.25) is 0 Å². The first-order valence-electron chi connectivity index (χ1n) is 6.57. The van der Waals surface area contributed by atoms with Gasteiger partial charge in [0.2, 0.25) is 0 Å². The molecule has 5 nitrogen and oxygen atoms in total. The molecule has 2 aromatic heterocycles. The Hall–Kier alpha value is -1.95.